The number of aromatic amines is 1. The lowest BCUT2D eigenvalue weighted by Crippen LogP contribution is -2.32. The van der Waals surface area contributed by atoms with Gasteiger partial charge < -0.3 is 9.88 Å². The molecule has 3 rings (SSSR count). The highest BCUT2D eigenvalue weighted by molar-refractivity contribution is 7.98. The summed E-state index contributed by atoms with van der Waals surface area (Å²) in [5, 5.41) is 0.938. The second kappa shape index (κ2) is 7.93. The molecule has 7 heteroatoms. The van der Waals surface area contributed by atoms with Crippen molar-refractivity contribution in [3.63, 3.8) is 0 Å². The summed E-state index contributed by atoms with van der Waals surface area (Å²) in [5.74, 6) is 0.255. The third-order valence-corrected chi connectivity index (χ3v) is 5.13. The van der Waals surface area contributed by atoms with Crippen LogP contribution in [-0.4, -0.2) is 33.6 Å². The van der Waals surface area contributed by atoms with Gasteiger partial charge in [0, 0.05) is 11.4 Å². The summed E-state index contributed by atoms with van der Waals surface area (Å²) in [6, 6.07) is 12.5. The number of fused-ring (bicyclic) bond motifs is 1. The van der Waals surface area contributed by atoms with Crippen LogP contribution in [0.1, 0.15) is 23.1 Å². The van der Waals surface area contributed by atoms with Crippen LogP contribution in [0.15, 0.2) is 52.2 Å². The van der Waals surface area contributed by atoms with Crippen LogP contribution in [0.3, 0.4) is 0 Å². The van der Waals surface area contributed by atoms with Crippen molar-refractivity contribution in [1.29, 1.82) is 0 Å². The lowest BCUT2D eigenvalue weighted by Gasteiger charge is -2.21. The van der Waals surface area contributed by atoms with E-state index in [0.717, 1.165) is 4.90 Å². The number of nitrogens with one attached hydrogen (secondary N) is 1. The molecule has 26 heavy (non-hydrogen) atoms. The fourth-order valence-corrected chi connectivity index (χ4v) is 3.32. The summed E-state index contributed by atoms with van der Waals surface area (Å²) in [6.45, 7) is 2.55. The number of benzene rings is 2. The lowest BCUT2D eigenvalue weighted by molar-refractivity contribution is 0.0748. The summed E-state index contributed by atoms with van der Waals surface area (Å²) in [4.78, 5) is 35.0. The van der Waals surface area contributed by atoms with Gasteiger partial charge in [-0.25, -0.2) is 4.98 Å². The second-order valence-corrected chi connectivity index (χ2v) is 6.98. The SMILES string of the molecule is CCN(Cc1nc2ccccc2c(=O)[nH]1)C(=O)c1cc(SC)ccc1Cl. The molecule has 0 spiro atoms. The normalized spacial score (nSPS) is 10.9. The summed E-state index contributed by atoms with van der Waals surface area (Å²) >= 11 is 7.77. The van der Waals surface area contributed by atoms with Crippen LogP contribution in [0.4, 0.5) is 0 Å². The molecule has 3 aromatic rings. The molecule has 0 atom stereocenters. The average molecular weight is 388 g/mol. The molecule has 2 aromatic carbocycles. The molecule has 1 amide bonds. The van der Waals surface area contributed by atoms with Gasteiger partial charge in [0.25, 0.3) is 11.5 Å². The lowest BCUT2D eigenvalue weighted by atomic mass is 10.2. The van der Waals surface area contributed by atoms with Crippen molar-refractivity contribution in [2.24, 2.45) is 0 Å². The van der Waals surface area contributed by atoms with E-state index in [1.165, 1.54) is 0 Å². The smallest absolute Gasteiger partial charge is 0.258 e. The molecular formula is C19H18ClN3O2S. The average Bonchev–Trinajstić information content (AvgIpc) is 2.66. The number of H-pyrrole nitrogens is 1. The first-order valence-corrected chi connectivity index (χ1v) is 9.74. The van der Waals surface area contributed by atoms with E-state index in [4.69, 9.17) is 11.6 Å². The van der Waals surface area contributed by atoms with Gasteiger partial charge in [0.05, 0.1) is 28.0 Å². The summed E-state index contributed by atoms with van der Waals surface area (Å²) in [7, 11) is 0. The minimum atomic E-state index is -0.212. The standard InChI is InChI=1S/C19H18ClN3O2S/c1-3-23(19(25)14-10-12(26-2)8-9-15(14)20)11-17-21-16-7-5-4-6-13(16)18(24)22-17/h4-10H,3,11H2,1-2H3,(H,21,22,24). The maximum absolute atomic E-state index is 12.9. The van der Waals surface area contributed by atoms with E-state index in [2.05, 4.69) is 9.97 Å². The predicted octanol–water partition coefficient (Wildman–Crippen LogP) is 3.96. The molecule has 134 valence electrons. The number of aromatic nitrogens is 2. The number of halogens is 1. The van der Waals surface area contributed by atoms with Crippen molar-refractivity contribution >= 4 is 40.2 Å². The van der Waals surface area contributed by atoms with E-state index in [0.29, 0.717) is 33.9 Å². The van der Waals surface area contributed by atoms with Gasteiger partial charge in [0.2, 0.25) is 0 Å². The van der Waals surface area contributed by atoms with E-state index >= 15 is 0 Å². The maximum atomic E-state index is 12.9. The number of hydrogen-bond donors (Lipinski definition) is 1. The van der Waals surface area contributed by atoms with Crippen molar-refractivity contribution in [2.75, 3.05) is 12.8 Å². The third kappa shape index (κ3) is 3.76. The van der Waals surface area contributed by atoms with E-state index in [9.17, 15) is 9.59 Å². The molecule has 0 saturated heterocycles. The molecule has 0 saturated carbocycles. The van der Waals surface area contributed by atoms with Gasteiger partial charge in [-0.1, -0.05) is 23.7 Å². The van der Waals surface area contributed by atoms with Gasteiger partial charge in [-0.3, -0.25) is 9.59 Å². The minimum Gasteiger partial charge on any atom is -0.331 e. The highest BCUT2D eigenvalue weighted by Crippen LogP contribution is 2.24. The van der Waals surface area contributed by atoms with Crippen molar-refractivity contribution in [1.82, 2.24) is 14.9 Å². The Hall–Kier alpha value is -2.31. The molecule has 1 aromatic heterocycles. The zero-order chi connectivity index (χ0) is 18.7. The maximum Gasteiger partial charge on any atom is 0.258 e. The van der Waals surface area contributed by atoms with Crippen LogP contribution in [0.2, 0.25) is 5.02 Å². The number of amides is 1. The van der Waals surface area contributed by atoms with Crippen LogP contribution in [-0.2, 0) is 6.54 Å². The number of carbonyl (C=O) groups is 1. The van der Waals surface area contributed by atoms with Gasteiger partial charge in [0.15, 0.2) is 0 Å². The van der Waals surface area contributed by atoms with E-state index < -0.39 is 0 Å². The van der Waals surface area contributed by atoms with Crippen LogP contribution in [0.25, 0.3) is 10.9 Å². The largest absolute Gasteiger partial charge is 0.331 e. The van der Waals surface area contributed by atoms with Crippen molar-refractivity contribution < 1.29 is 4.79 Å². The number of rotatable bonds is 5. The number of nitrogens with zero attached hydrogens (tertiary/aromatic N) is 2. The van der Waals surface area contributed by atoms with Gasteiger partial charge in [-0.2, -0.15) is 0 Å². The zero-order valence-corrected chi connectivity index (χ0v) is 16.0. The molecule has 5 nitrogen and oxygen atoms in total. The van der Waals surface area contributed by atoms with Gasteiger partial charge in [-0.15, -0.1) is 11.8 Å². The van der Waals surface area contributed by atoms with Crippen LogP contribution in [0.5, 0.6) is 0 Å². The summed E-state index contributed by atoms with van der Waals surface area (Å²) in [6.07, 6.45) is 1.94. The first kappa shape index (κ1) is 18.5. The Labute approximate surface area is 160 Å². The first-order chi connectivity index (χ1) is 12.5. The molecule has 0 fully saturated rings. The topological polar surface area (TPSA) is 66.1 Å². The Balaban J connectivity index is 1.92. The van der Waals surface area contributed by atoms with Gasteiger partial charge in [0.1, 0.15) is 5.82 Å². The van der Waals surface area contributed by atoms with Crippen molar-refractivity contribution in [3.05, 3.63) is 69.2 Å². The Kier molecular flexibility index (Phi) is 5.64. The highest BCUT2D eigenvalue weighted by atomic mass is 35.5. The Bertz CT molecular complexity index is 1020. The van der Waals surface area contributed by atoms with Gasteiger partial charge >= 0.3 is 0 Å². The Morgan fingerprint density at radius 1 is 1.27 bits per heavy atom. The Morgan fingerprint density at radius 3 is 2.77 bits per heavy atom. The van der Waals surface area contributed by atoms with Crippen LogP contribution < -0.4 is 5.56 Å². The number of carbonyl (C=O) groups excluding carboxylic acids is 1. The fraction of sp³-hybridized carbons (Fsp3) is 0.211. The van der Waals surface area contributed by atoms with E-state index in [-0.39, 0.29) is 18.0 Å². The van der Waals surface area contributed by atoms with Crippen LogP contribution >= 0.6 is 23.4 Å². The third-order valence-electron chi connectivity index (χ3n) is 4.08. The minimum absolute atomic E-state index is 0.191. The quantitative estimate of drug-likeness (QED) is 0.673. The van der Waals surface area contributed by atoms with Crippen LogP contribution in [0, 0.1) is 0 Å². The van der Waals surface area contributed by atoms with Gasteiger partial charge in [-0.05, 0) is 43.5 Å². The van der Waals surface area contributed by atoms with Crippen molar-refractivity contribution in [3.8, 4) is 0 Å². The number of hydrogen-bond acceptors (Lipinski definition) is 4. The number of thioether (sulfide) groups is 1. The fourth-order valence-electron chi connectivity index (χ4n) is 2.68. The molecule has 0 radical (unpaired) electrons. The van der Waals surface area contributed by atoms with Crippen molar-refractivity contribution in [2.45, 2.75) is 18.4 Å². The highest BCUT2D eigenvalue weighted by Gasteiger charge is 2.19. The number of para-hydroxylation sites is 1. The monoisotopic (exact) mass is 387 g/mol. The molecule has 0 aliphatic carbocycles. The first-order valence-electron chi connectivity index (χ1n) is 8.14. The second-order valence-electron chi connectivity index (χ2n) is 5.69. The summed E-state index contributed by atoms with van der Waals surface area (Å²) in [5.41, 5.74) is 0.845. The molecular weight excluding hydrogens is 370 g/mol. The summed E-state index contributed by atoms with van der Waals surface area (Å²) < 4.78 is 0. The molecule has 0 aliphatic rings. The Morgan fingerprint density at radius 2 is 2.04 bits per heavy atom. The van der Waals surface area contributed by atoms with E-state index in [1.54, 1.807) is 47.0 Å². The zero-order valence-electron chi connectivity index (χ0n) is 14.5. The molecule has 1 heterocycles. The molecule has 0 bridgehead atoms. The molecule has 0 aliphatic heterocycles. The molecule has 1 N–H and O–H groups in total. The predicted molar refractivity (Wildman–Crippen MR) is 106 cm³/mol. The molecule has 0 unspecified atom stereocenters. The van der Waals surface area contributed by atoms with E-state index in [1.807, 2.05) is 25.3 Å².